The second kappa shape index (κ2) is 7.75. The van der Waals surface area contributed by atoms with Crippen LogP contribution in [0, 0.1) is 11.8 Å². The molecule has 0 aromatic carbocycles. The predicted octanol–water partition coefficient (Wildman–Crippen LogP) is 4.46. The van der Waals surface area contributed by atoms with E-state index in [1.54, 1.807) is 6.20 Å². The van der Waals surface area contributed by atoms with Crippen LogP contribution in [0.3, 0.4) is 0 Å². The Balaban J connectivity index is 2.74. The molecule has 0 fully saturated rings. The van der Waals surface area contributed by atoms with Crippen molar-refractivity contribution in [3.63, 3.8) is 0 Å². The lowest BCUT2D eigenvalue weighted by atomic mass is 9.90. The molecule has 0 radical (unpaired) electrons. The van der Waals surface area contributed by atoms with Crippen molar-refractivity contribution in [2.45, 2.75) is 46.6 Å². The lowest BCUT2D eigenvalue weighted by Crippen LogP contribution is -2.23. The third kappa shape index (κ3) is 4.95. The van der Waals surface area contributed by atoms with Gasteiger partial charge in [-0.25, -0.2) is 0 Å². The van der Waals surface area contributed by atoms with Crippen LogP contribution >= 0.6 is 11.6 Å². The van der Waals surface area contributed by atoms with E-state index in [1.165, 1.54) is 12.0 Å². The molecule has 18 heavy (non-hydrogen) atoms. The van der Waals surface area contributed by atoms with Crippen LogP contribution in [0.4, 0.5) is 0 Å². The molecule has 1 heterocycles. The molecule has 0 saturated heterocycles. The summed E-state index contributed by atoms with van der Waals surface area (Å²) in [5.74, 6) is 1.44. The lowest BCUT2D eigenvalue weighted by Gasteiger charge is -2.24. The van der Waals surface area contributed by atoms with Crippen molar-refractivity contribution in [2.24, 2.45) is 11.8 Å². The maximum absolute atomic E-state index is 6.24. The van der Waals surface area contributed by atoms with Gasteiger partial charge < -0.3 is 5.32 Å². The molecular weight excluding hydrogens is 244 g/mol. The molecule has 2 atom stereocenters. The molecule has 0 spiro atoms. The van der Waals surface area contributed by atoms with Gasteiger partial charge in [-0.15, -0.1) is 0 Å². The maximum Gasteiger partial charge on any atom is 0.0637 e. The van der Waals surface area contributed by atoms with Crippen LogP contribution < -0.4 is 5.32 Å². The number of pyridine rings is 1. The zero-order valence-corrected chi connectivity index (χ0v) is 12.7. The summed E-state index contributed by atoms with van der Waals surface area (Å²) in [6.45, 7) is 9.96. The SMILES string of the molecule is CCNC(CC(C)CC(C)C)c1ccncc1Cl. The molecule has 1 aromatic rings. The van der Waals surface area contributed by atoms with Gasteiger partial charge in [0.1, 0.15) is 0 Å². The summed E-state index contributed by atoms with van der Waals surface area (Å²) in [6.07, 6.45) is 5.92. The first-order valence-corrected chi connectivity index (χ1v) is 7.25. The molecule has 2 unspecified atom stereocenters. The lowest BCUT2D eigenvalue weighted by molar-refractivity contribution is 0.359. The van der Waals surface area contributed by atoms with Crippen molar-refractivity contribution in [1.29, 1.82) is 0 Å². The molecule has 1 N–H and O–H groups in total. The molecular formula is C15H25ClN2. The minimum absolute atomic E-state index is 0.333. The second-order valence-electron chi connectivity index (χ2n) is 5.48. The average Bonchev–Trinajstić information content (AvgIpc) is 2.28. The Morgan fingerprint density at radius 2 is 2.00 bits per heavy atom. The van der Waals surface area contributed by atoms with Crippen LogP contribution in [0.2, 0.25) is 5.02 Å². The summed E-state index contributed by atoms with van der Waals surface area (Å²) < 4.78 is 0. The van der Waals surface area contributed by atoms with Crippen molar-refractivity contribution < 1.29 is 0 Å². The van der Waals surface area contributed by atoms with Gasteiger partial charge in [0.2, 0.25) is 0 Å². The number of nitrogens with one attached hydrogen (secondary N) is 1. The summed E-state index contributed by atoms with van der Waals surface area (Å²) >= 11 is 6.24. The van der Waals surface area contributed by atoms with E-state index in [4.69, 9.17) is 11.6 Å². The van der Waals surface area contributed by atoms with E-state index < -0.39 is 0 Å². The van der Waals surface area contributed by atoms with Gasteiger partial charge in [0.05, 0.1) is 5.02 Å². The molecule has 0 amide bonds. The number of rotatable bonds is 7. The van der Waals surface area contributed by atoms with Gasteiger partial charge in [0, 0.05) is 18.4 Å². The van der Waals surface area contributed by atoms with Gasteiger partial charge >= 0.3 is 0 Å². The minimum Gasteiger partial charge on any atom is -0.310 e. The monoisotopic (exact) mass is 268 g/mol. The number of nitrogens with zero attached hydrogens (tertiary/aromatic N) is 1. The minimum atomic E-state index is 0.333. The Kier molecular flexibility index (Phi) is 6.66. The third-order valence-corrected chi connectivity index (χ3v) is 3.46. The fourth-order valence-electron chi connectivity index (χ4n) is 2.54. The van der Waals surface area contributed by atoms with Crippen LogP contribution in [0.5, 0.6) is 0 Å². The smallest absolute Gasteiger partial charge is 0.0637 e. The van der Waals surface area contributed by atoms with Gasteiger partial charge in [-0.3, -0.25) is 4.98 Å². The van der Waals surface area contributed by atoms with Gasteiger partial charge in [-0.2, -0.15) is 0 Å². The highest BCUT2D eigenvalue weighted by atomic mass is 35.5. The van der Waals surface area contributed by atoms with Crippen molar-refractivity contribution in [3.05, 3.63) is 29.0 Å². The normalized spacial score (nSPS) is 14.8. The molecule has 0 aliphatic carbocycles. The van der Waals surface area contributed by atoms with E-state index in [9.17, 15) is 0 Å². The number of halogens is 1. The first kappa shape index (κ1) is 15.5. The summed E-state index contributed by atoms with van der Waals surface area (Å²) in [6, 6.07) is 2.36. The van der Waals surface area contributed by atoms with E-state index >= 15 is 0 Å². The van der Waals surface area contributed by atoms with Gasteiger partial charge in [0.15, 0.2) is 0 Å². The highest BCUT2D eigenvalue weighted by Gasteiger charge is 2.17. The Labute approximate surface area is 116 Å². The van der Waals surface area contributed by atoms with E-state index in [0.717, 1.165) is 23.9 Å². The number of hydrogen-bond donors (Lipinski definition) is 1. The average molecular weight is 269 g/mol. The van der Waals surface area contributed by atoms with Gasteiger partial charge in [-0.1, -0.05) is 39.3 Å². The summed E-state index contributed by atoms with van der Waals surface area (Å²) in [4.78, 5) is 4.06. The first-order valence-electron chi connectivity index (χ1n) is 6.87. The van der Waals surface area contributed by atoms with E-state index in [0.29, 0.717) is 12.0 Å². The Hall–Kier alpha value is -0.600. The molecule has 1 rings (SSSR count). The summed E-state index contributed by atoms with van der Waals surface area (Å²) in [7, 11) is 0. The fourth-order valence-corrected chi connectivity index (χ4v) is 2.79. The van der Waals surface area contributed by atoms with Gasteiger partial charge in [-0.05, 0) is 42.9 Å². The topological polar surface area (TPSA) is 24.9 Å². The van der Waals surface area contributed by atoms with Crippen LogP contribution in [0.1, 0.15) is 52.1 Å². The van der Waals surface area contributed by atoms with E-state index in [-0.39, 0.29) is 0 Å². The highest BCUT2D eigenvalue weighted by molar-refractivity contribution is 6.31. The molecule has 0 bridgehead atoms. The molecule has 0 saturated carbocycles. The number of hydrogen-bond acceptors (Lipinski definition) is 2. The first-order chi connectivity index (χ1) is 8.54. The molecule has 0 aliphatic heterocycles. The van der Waals surface area contributed by atoms with Crippen molar-refractivity contribution in [3.8, 4) is 0 Å². The summed E-state index contributed by atoms with van der Waals surface area (Å²) in [5.41, 5.74) is 1.17. The van der Waals surface area contributed by atoms with Crippen molar-refractivity contribution in [2.75, 3.05) is 6.54 Å². The van der Waals surface area contributed by atoms with Crippen LogP contribution in [-0.2, 0) is 0 Å². The zero-order valence-electron chi connectivity index (χ0n) is 11.9. The largest absolute Gasteiger partial charge is 0.310 e. The van der Waals surface area contributed by atoms with Crippen molar-refractivity contribution >= 4 is 11.6 Å². The quantitative estimate of drug-likeness (QED) is 0.790. The predicted molar refractivity (Wildman–Crippen MR) is 78.9 cm³/mol. The summed E-state index contributed by atoms with van der Waals surface area (Å²) in [5, 5.41) is 4.30. The number of aromatic nitrogens is 1. The Bertz CT molecular complexity index is 352. The van der Waals surface area contributed by atoms with Crippen molar-refractivity contribution in [1.82, 2.24) is 10.3 Å². The maximum atomic E-state index is 6.24. The van der Waals surface area contributed by atoms with E-state index in [1.807, 2.05) is 12.3 Å². The molecule has 1 aromatic heterocycles. The standard InChI is InChI=1S/C15H25ClN2/c1-5-18-15(9-12(4)8-11(2)3)13-6-7-17-10-14(13)16/h6-7,10-12,15,18H,5,8-9H2,1-4H3. The van der Waals surface area contributed by atoms with Crippen LogP contribution in [-0.4, -0.2) is 11.5 Å². The molecule has 102 valence electrons. The Morgan fingerprint density at radius 3 is 2.56 bits per heavy atom. The third-order valence-electron chi connectivity index (χ3n) is 3.14. The fraction of sp³-hybridized carbons (Fsp3) is 0.667. The highest BCUT2D eigenvalue weighted by Crippen LogP contribution is 2.29. The van der Waals surface area contributed by atoms with Crippen LogP contribution in [0.25, 0.3) is 0 Å². The zero-order chi connectivity index (χ0) is 13.5. The Morgan fingerprint density at radius 1 is 1.28 bits per heavy atom. The van der Waals surface area contributed by atoms with E-state index in [2.05, 4.69) is 38.0 Å². The van der Waals surface area contributed by atoms with Gasteiger partial charge in [0.25, 0.3) is 0 Å². The molecule has 2 nitrogen and oxygen atoms in total. The van der Waals surface area contributed by atoms with Crippen LogP contribution in [0.15, 0.2) is 18.5 Å². The molecule has 3 heteroatoms. The molecule has 0 aliphatic rings. The second-order valence-corrected chi connectivity index (χ2v) is 5.89.